The van der Waals surface area contributed by atoms with Crippen molar-refractivity contribution < 1.29 is 18.5 Å². The van der Waals surface area contributed by atoms with Gasteiger partial charge in [0.2, 0.25) is 0 Å². The molecule has 1 fully saturated rings. The predicted molar refractivity (Wildman–Crippen MR) is 113 cm³/mol. The second kappa shape index (κ2) is 8.62. The molecule has 2 amide bonds. The van der Waals surface area contributed by atoms with Crippen LogP contribution in [-0.2, 0) is 15.5 Å². The summed E-state index contributed by atoms with van der Waals surface area (Å²) in [4.78, 5) is 26.1. The van der Waals surface area contributed by atoms with E-state index in [1.165, 1.54) is 12.0 Å². The number of carbonyl (C=O) groups is 2. The van der Waals surface area contributed by atoms with E-state index in [1.54, 1.807) is 12.0 Å². The van der Waals surface area contributed by atoms with E-state index in [4.69, 9.17) is 8.92 Å². The summed E-state index contributed by atoms with van der Waals surface area (Å²) < 4.78 is 12.2. The lowest BCUT2D eigenvalue weighted by Gasteiger charge is -2.39. The number of likely N-dealkylation sites (tertiary alicyclic amines) is 1. The van der Waals surface area contributed by atoms with Gasteiger partial charge < -0.3 is 19.1 Å². The van der Waals surface area contributed by atoms with Crippen molar-refractivity contribution in [3.05, 3.63) is 29.5 Å². The Morgan fingerprint density at radius 2 is 2.03 bits per heavy atom. The molecule has 0 atom stereocenters. The van der Waals surface area contributed by atoms with Gasteiger partial charge in [-0.1, -0.05) is 0 Å². The fourth-order valence-electron chi connectivity index (χ4n) is 3.24. The molecule has 9 heteroatoms. The molecule has 3 rings (SSSR count). The number of nitrogens with one attached hydrogen (secondary N) is 1. The van der Waals surface area contributed by atoms with E-state index in [0.29, 0.717) is 30.4 Å². The summed E-state index contributed by atoms with van der Waals surface area (Å²) in [5, 5.41) is 8.36. The van der Waals surface area contributed by atoms with E-state index in [1.807, 2.05) is 50.7 Å². The van der Waals surface area contributed by atoms with Crippen molar-refractivity contribution in [2.75, 3.05) is 26.1 Å². The maximum Gasteiger partial charge on any atom is 0.410 e. The van der Waals surface area contributed by atoms with Gasteiger partial charge in [0.15, 0.2) is 0 Å². The van der Waals surface area contributed by atoms with E-state index in [0.717, 1.165) is 23.0 Å². The van der Waals surface area contributed by atoms with Gasteiger partial charge in [-0.25, -0.2) is 4.79 Å². The third kappa shape index (κ3) is 5.42. The van der Waals surface area contributed by atoms with Gasteiger partial charge >= 0.3 is 6.09 Å². The molecule has 8 nitrogen and oxygen atoms in total. The van der Waals surface area contributed by atoms with Crippen LogP contribution in [-0.4, -0.2) is 58.4 Å². The van der Waals surface area contributed by atoms with Crippen LogP contribution < -0.4 is 5.32 Å². The molecule has 2 aromatic rings. The van der Waals surface area contributed by atoms with Crippen LogP contribution in [0.2, 0.25) is 0 Å². The number of hydrogen-bond donors (Lipinski definition) is 1. The monoisotopic (exact) mass is 420 g/mol. The molecule has 1 aromatic carbocycles. The molecule has 1 aliphatic heterocycles. The van der Waals surface area contributed by atoms with Gasteiger partial charge in [-0.05, 0) is 45.4 Å². The van der Waals surface area contributed by atoms with Crippen molar-refractivity contribution in [2.45, 2.75) is 39.8 Å². The largest absolute Gasteiger partial charge is 0.444 e. The Hall–Kier alpha value is -2.26. The van der Waals surface area contributed by atoms with Crippen LogP contribution in [0, 0.1) is 12.8 Å². The summed E-state index contributed by atoms with van der Waals surface area (Å²) in [5.74, 6) is 0.600. The number of aryl methyl sites for hydroxylation is 1. The quantitative estimate of drug-likeness (QED) is 0.439. The zero-order valence-electron chi connectivity index (χ0n) is 17.5. The van der Waals surface area contributed by atoms with Gasteiger partial charge in [-0.3, -0.25) is 9.48 Å². The maximum absolute atomic E-state index is 12.4. The van der Waals surface area contributed by atoms with Gasteiger partial charge in [0.05, 0.1) is 18.5 Å². The minimum atomic E-state index is -0.480. The molecule has 0 radical (unpaired) electrons. The summed E-state index contributed by atoms with van der Waals surface area (Å²) in [6.45, 7) is 9.55. The Kier molecular flexibility index (Phi) is 6.38. The molecule has 1 aliphatic rings. The summed E-state index contributed by atoms with van der Waals surface area (Å²) >= 11 is 1.18. The number of rotatable bonds is 6. The third-order valence-corrected chi connectivity index (χ3v) is 5.10. The number of benzene rings is 1. The molecule has 0 aliphatic carbocycles. The highest BCUT2D eigenvalue weighted by molar-refractivity contribution is 7.94. The number of carbonyl (C=O) groups excluding carboxylic acids is 2. The van der Waals surface area contributed by atoms with E-state index in [-0.39, 0.29) is 12.0 Å². The molecule has 2 heterocycles. The minimum absolute atomic E-state index is 0.131. The Morgan fingerprint density at radius 3 is 2.69 bits per heavy atom. The Bertz CT molecular complexity index is 900. The Balaban J connectivity index is 1.61. The highest BCUT2D eigenvalue weighted by Crippen LogP contribution is 2.23. The SMILES string of the molecule is COSCNC(=O)c1cc2cn(CC3CN(C(=O)OC(C)(C)C)C3)nc2cc1C. The van der Waals surface area contributed by atoms with Gasteiger partial charge in [0, 0.05) is 54.7 Å². The molecule has 1 saturated heterocycles. The smallest absolute Gasteiger partial charge is 0.410 e. The molecule has 29 heavy (non-hydrogen) atoms. The lowest BCUT2D eigenvalue weighted by Crippen LogP contribution is -2.52. The minimum Gasteiger partial charge on any atom is -0.444 e. The van der Waals surface area contributed by atoms with Crippen LogP contribution >= 0.6 is 12.0 Å². The van der Waals surface area contributed by atoms with Crippen molar-refractivity contribution in [1.82, 2.24) is 20.0 Å². The fourth-order valence-corrected chi connectivity index (χ4v) is 3.55. The number of fused-ring (bicyclic) bond motifs is 1. The molecular weight excluding hydrogens is 392 g/mol. The zero-order chi connectivity index (χ0) is 21.2. The fraction of sp³-hybridized carbons (Fsp3) is 0.550. The molecule has 158 valence electrons. The van der Waals surface area contributed by atoms with Crippen molar-refractivity contribution in [2.24, 2.45) is 5.92 Å². The van der Waals surface area contributed by atoms with Gasteiger partial charge in [0.25, 0.3) is 5.91 Å². The van der Waals surface area contributed by atoms with Gasteiger partial charge in [-0.15, -0.1) is 0 Å². The Labute approximate surface area is 175 Å². The van der Waals surface area contributed by atoms with Crippen LogP contribution in [0.3, 0.4) is 0 Å². The first kappa shape index (κ1) is 21.4. The Morgan fingerprint density at radius 1 is 1.31 bits per heavy atom. The standard InChI is InChI=1S/C20H28N4O4S/c1-13-6-17-15(7-16(13)18(25)21-12-29-27-5)11-24(22-17)10-14-8-23(9-14)19(26)28-20(2,3)4/h6-7,11,14H,8-10,12H2,1-5H3,(H,21,25). The molecule has 0 unspecified atom stereocenters. The lowest BCUT2D eigenvalue weighted by atomic mass is 10.0. The van der Waals surface area contributed by atoms with E-state index in [2.05, 4.69) is 10.4 Å². The normalized spacial score (nSPS) is 14.7. The number of ether oxygens (including phenoxy) is 1. The topological polar surface area (TPSA) is 85.7 Å². The summed E-state index contributed by atoms with van der Waals surface area (Å²) in [6.07, 6.45) is 1.68. The van der Waals surface area contributed by atoms with E-state index >= 15 is 0 Å². The summed E-state index contributed by atoms with van der Waals surface area (Å²) in [5.41, 5.74) is 1.89. The number of amides is 2. The van der Waals surface area contributed by atoms with Crippen LogP contribution in [0.25, 0.3) is 10.9 Å². The van der Waals surface area contributed by atoms with Crippen molar-refractivity contribution >= 4 is 34.9 Å². The zero-order valence-corrected chi connectivity index (χ0v) is 18.3. The molecule has 0 saturated carbocycles. The van der Waals surface area contributed by atoms with Crippen LogP contribution in [0.1, 0.15) is 36.7 Å². The summed E-state index contributed by atoms with van der Waals surface area (Å²) in [6, 6.07) is 3.80. The van der Waals surface area contributed by atoms with Crippen molar-refractivity contribution in [3.8, 4) is 0 Å². The van der Waals surface area contributed by atoms with E-state index < -0.39 is 5.60 Å². The second-order valence-corrected chi connectivity index (χ2v) is 9.12. The number of aromatic nitrogens is 2. The van der Waals surface area contributed by atoms with Crippen molar-refractivity contribution in [3.63, 3.8) is 0 Å². The van der Waals surface area contributed by atoms with E-state index in [9.17, 15) is 9.59 Å². The average molecular weight is 421 g/mol. The first-order valence-corrected chi connectivity index (χ1v) is 10.5. The molecule has 0 bridgehead atoms. The second-order valence-electron chi connectivity index (χ2n) is 8.26. The maximum atomic E-state index is 12.4. The first-order valence-electron chi connectivity index (χ1n) is 9.56. The number of nitrogens with zero attached hydrogens (tertiary/aromatic N) is 3. The average Bonchev–Trinajstić information content (AvgIpc) is 2.96. The molecular formula is C20H28N4O4S. The van der Waals surface area contributed by atoms with Gasteiger partial charge in [0.1, 0.15) is 5.60 Å². The predicted octanol–water partition coefficient (Wildman–Crippen LogP) is 3.19. The highest BCUT2D eigenvalue weighted by atomic mass is 32.2. The molecule has 0 spiro atoms. The first-order chi connectivity index (χ1) is 13.7. The molecule has 1 aromatic heterocycles. The number of hydrogen-bond acceptors (Lipinski definition) is 6. The van der Waals surface area contributed by atoms with Crippen LogP contribution in [0.5, 0.6) is 0 Å². The highest BCUT2D eigenvalue weighted by Gasteiger charge is 2.34. The van der Waals surface area contributed by atoms with Crippen LogP contribution in [0.15, 0.2) is 18.3 Å². The lowest BCUT2D eigenvalue weighted by molar-refractivity contribution is -0.00381. The van der Waals surface area contributed by atoms with Crippen LogP contribution in [0.4, 0.5) is 4.79 Å². The van der Waals surface area contributed by atoms with Crippen molar-refractivity contribution in [1.29, 1.82) is 0 Å². The summed E-state index contributed by atoms with van der Waals surface area (Å²) in [7, 11) is 1.57. The third-order valence-electron chi connectivity index (χ3n) is 4.61. The van der Waals surface area contributed by atoms with Gasteiger partial charge in [-0.2, -0.15) is 5.10 Å². The molecule has 1 N–H and O–H groups in total.